The van der Waals surface area contributed by atoms with Gasteiger partial charge in [-0.2, -0.15) is 0 Å². The summed E-state index contributed by atoms with van der Waals surface area (Å²) in [5.74, 6) is 2.56. The number of fused-ring (bicyclic) bond motifs is 8. The lowest BCUT2D eigenvalue weighted by atomic mass is 9.84. The van der Waals surface area contributed by atoms with Crippen molar-refractivity contribution >= 4 is 22.4 Å². The van der Waals surface area contributed by atoms with Crippen molar-refractivity contribution < 1.29 is 28.5 Å². The van der Waals surface area contributed by atoms with Gasteiger partial charge in [-0.25, -0.2) is 4.79 Å². The van der Waals surface area contributed by atoms with Gasteiger partial charge in [0.2, 0.25) is 13.6 Å². The van der Waals surface area contributed by atoms with Crippen LogP contribution in [0.5, 0.6) is 23.0 Å². The zero-order valence-electron chi connectivity index (χ0n) is 16.6. The average molecular weight is 415 g/mol. The van der Waals surface area contributed by atoms with Crippen molar-refractivity contribution in [3.8, 4) is 34.1 Å². The normalized spacial score (nSPS) is 22.0. The van der Waals surface area contributed by atoms with Crippen molar-refractivity contribution in [1.82, 2.24) is 0 Å². The van der Waals surface area contributed by atoms with Crippen molar-refractivity contribution in [2.45, 2.75) is 19.1 Å². The van der Waals surface area contributed by atoms with Gasteiger partial charge >= 0.3 is 5.97 Å². The van der Waals surface area contributed by atoms with Gasteiger partial charge in [-0.05, 0) is 48.2 Å². The molecule has 7 nitrogen and oxygen atoms in total. The Morgan fingerprint density at radius 1 is 0.903 bits per heavy atom. The van der Waals surface area contributed by atoms with Crippen LogP contribution in [0.15, 0.2) is 48.0 Å². The van der Waals surface area contributed by atoms with Gasteiger partial charge in [0.25, 0.3) is 0 Å². The lowest BCUT2D eigenvalue weighted by Crippen LogP contribution is -2.29. The van der Waals surface area contributed by atoms with E-state index in [9.17, 15) is 4.79 Å². The molecule has 7 rings (SSSR count). The summed E-state index contributed by atoms with van der Waals surface area (Å²) in [6, 6.07) is 11.8. The molecule has 0 fully saturated rings. The number of ether oxygens (including phenoxy) is 5. The molecule has 0 amide bonds. The molecule has 4 aliphatic rings. The lowest BCUT2D eigenvalue weighted by Gasteiger charge is -2.33. The summed E-state index contributed by atoms with van der Waals surface area (Å²) in [6.07, 6.45) is 1.41. The molecular weight excluding hydrogens is 398 g/mol. The fourth-order valence-electron chi connectivity index (χ4n) is 4.83. The fourth-order valence-corrected chi connectivity index (χ4v) is 4.83. The molecule has 154 valence electrons. The summed E-state index contributed by atoms with van der Waals surface area (Å²) in [5.41, 5.74) is 4.56. The van der Waals surface area contributed by atoms with Crippen LogP contribution in [-0.4, -0.2) is 25.7 Å². The first kappa shape index (κ1) is 16.9. The summed E-state index contributed by atoms with van der Waals surface area (Å²) < 4.78 is 28.3. The number of carbonyl (C=O) groups excluding carboxylic acids is 1. The zero-order chi connectivity index (χ0) is 20.7. The minimum absolute atomic E-state index is 0.173. The molecule has 0 bridgehead atoms. The van der Waals surface area contributed by atoms with E-state index in [0.717, 1.165) is 44.6 Å². The van der Waals surface area contributed by atoms with Crippen LogP contribution < -0.4 is 24.3 Å². The fraction of sp³-hybridized carbons (Fsp3) is 0.208. The molecule has 4 aliphatic heterocycles. The van der Waals surface area contributed by atoms with E-state index in [0.29, 0.717) is 17.1 Å². The lowest BCUT2D eigenvalue weighted by molar-refractivity contribution is -0.140. The number of hydrogen-bond acceptors (Lipinski definition) is 7. The molecule has 31 heavy (non-hydrogen) atoms. The van der Waals surface area contributed by atoms with Crippen LogP contribution in [0.25, 0.3) is 21.9 Å². The number of cyclic esters (lactones) is 1. The Bertz CT molecular complexity index is 1340. The highest BCUT2D eigenvalue weighted by Gasteiger charge is 2.40. The monoisotopic (exact) mass is 415 g/mol. The van der Waals surface area contributed by atoms with Crippen molar-refractivity contribution in [1.29, 1.82) is 0 Å². The van der Waals surface area contributed by atoms with Gasteiger partial charge in [-0.1, -0.05) is 12.1 Å². The average Bonchev–Trinajstić information content (AvgIpc) is 3.51. The minimum Gasteiger partial charge on any atom is -0.454 e. The first-order valence-corrected chi connectivity index (χ1v) is 10.1. The van der Waals surface area contributed by atoms with Gasteiger partial charge in [-0.3, -0.25) is 0 Å². The maximum Gasteiger partial charge on any atom is 0.334 e. The van der Waals surface area contributed by atoms with Crippen molar-refractivity contribution in [2.75, 3.05) is 18.9 Å². The molecule has 2 atom stereocenters. The van der Waals surface area contributed by atoms with E-state index >= 15 is 0 Å². The van der Waals surface area contributed by atoms with E-state index in [4.69, 9.17) is 23.7 Å². The maximum absolute atomic E-state index is 12.2. The number of rotatable bonds is 1. The Kier molecular flexibility index (Phi) is 3.18. The third-order valence-electron chi connectivity index (χ3n) is 6.30. The standard InChI is InChI=1S/C24H17NO6/c1-11-6-19(31-24(11)26)22-20-13(4-5-16-23(20)30-10-27-16)14-3-2-12-7-17-18(29-9-28-17)8-15(12)21(14)25-22/h2-8,19,22,25H,9-10H2,1H3/t19-,22-/m0/s1. The molecule has 1 N–H and O–H groups in total. The van der Waals surface area contributed by atoms with Crippen LogP contribution in [0.3, 0.4) is 0 Å². The van der Waals surface area contributed by atoms with Gasteiger partial charge < -0.3 is 29.0 Å². The van der Waals surface area contributed by atoms with Crippen LogP contribution in [0.4, 0.5) is 5.69 Å². The third kappa shape index (κ3) is 2.26. The quantitative estimate of drug-likeness (QED) is 0.594. The first-order chi connectivity index (χ1) is 15.2. The number of nitrogens with one attached hydrogen (secondary N) is 1. The van der Waals surface area contributed by atoms with Crippen molar-refractivity contribution in [3.05, 3.63) is 53.6 Å². The van der Waals surface area contributed by atoms with Crippen LogP contribution in [0, 0.1) is 0 Å². The van der Waals surface area contributed by atoms with Crippen LogP contribution >= 0.6 is 0 Å². The SMILES string of the molecule is CC1=C[C@@H]([C@@H]2Nc3c(ccc4cc5c(cc34)OCO5)-c3ccc4c(c32)OCO4)OC1=O. The number of carbonyl (C=O) groups is 1. The van der Waals surface area contributed by atoms with E-state index in [1.54, 1.807) is 6.92 Å². The van der Waals surface area contributed by atoms with E-state index < -0.39 is 6.10 Å². The second kappa shape index (κ2) is 5.85. The molecule has 3 aromatic rings. The van der Waals surface area contributed by atoms with E-state index in [2.05, 4.69) is 17.4 Å². The molecule has 3 aromatic carbocycles. The Labute approximate surface area is 177 Å². The summed E-state index contributed by atoms with van der Waals surface area (Å²) >= 11 is 0. The highest BCUT2D eigenvalue weighted by atomic mass is 16.7. The number of anilines is 1. The second-order valence-corrected chi connectivity index (χ2v) is 8.02. The highest BCUT2D eigenvalue weighted by molar-refractivity contribution is 6.05. The molecule has 0 saturated carbocycles. The largest absolute Gasteiger partial charge is 0.454 e. The maximum atomic E-state index is 12.2. The Balaban J connectivity index is 1.49. The van der Waals surface area contributed by atoms with E-state index in [1.807, 2.05) is 30.3 Å². The Hall–Kier alpha value is -3.87. The van der Waals surface area contributed by atoms with Crippen LogP contribution in [0.1, 0.15) is 18.5 Å². The van der Waals surface area contributed by atoms with Gasteiger partial charge in [0.15, 0.2) is 23.0 Å². The van der Waals surface area contributed by atoms with Crippen LogP contribution in [-0.2, 0) is 9.53 Å². The third-order valence-corrected chi connectivity index (χ3v) is 6.30. The topological polar surface area (TPSA) is 75.2 Å². The molecule has 0 unspecified atom stereocenters. The molecule has 0 aromatic heterocycles. The van der Waals surface area contributed by atoms with Gasteiger partial charge in [0.05, 0.1) is 11.7 Å². The number of esters is 1. The van der Waals surface area contributed by atoms with Gasteiger partial charge in [-0.15, -0.1) is 0 Å². The summed E-state index contributed by atoms with van der Waals surface area (Å²) in [4.78, 5) is 12.2. The van der Waals surface area contributed by atoms with Crippen molar-refractivity contribution in [3.63, 3.8) is 0 Å². The van der Waals surface area contributed by atoms with E-state index in [-0.39, 0.29) is 25.6 Å². The smallest absolute Gasteiger partial charge is 0.334 e. The molecule has 0 saturated heterocycles. The predicted octanol–water partition coefficient (Wildman–Crippen LogP) is 4.30. The summed E-state index contributed by atoms with van der Waals surface area (Å²) in [6.45, 7) is 2.16. The van der Waals surface area contributed by atoms with E-state index in [1.165, 1.54) is 0 Å². The molecule has 7 heteroatoms. The molecule has 0 aliphatic carbocycles. The molecule has 4 heterocycles. The van der Waals surface area contributed by atoms with Gasteiger partial charge in [0.1, 0.15) is 6.10 Å². The molecule has 0 radical (unpaired) electrons. The summed E-state index contributed by atoms with van der Waals surface area (Å²) in [7, 11) is 0. The predicted molar refractivity (Wildman–Crippen MR) is 112 cm³/mol. The number of hydrogen-bond donors (Lipinski definition) is 1. The minimum atomic E-state index is -0.459. The zero-order valence-corrected chi connectivity index (χ0v) is 16.6. The van der Waals surface area contributed by atoms with Crippen LogP contribution in [0.2, 0.25) is 0 Å². The van der Waals surface area contributed by atoms with Crippen molar-refractivity contribution in [2.24, 2.45) is 0 Å². The summed E-state index contributed by atoms with van der Waals surface area (Å²) in [5, 5.41) is 5.70. The first-order valence-electron chi connectivity index (χ1n) is 10.1. The molecular formula is C24H17NO6. The second-order valence-electron chi connectivity index (χ2n) is 8.02. The highest BCUT2D eigenvalue weighted by Crippen LogP contribution is 2.53. The Morgan fingerprint density at radius 2 is 1.68 bits per heavy atom. The van der Waals surface area contributed by atoms with Gasteiger partial charge in [0, 0.05) is 22.1 Å². The Morgan fingerprint density at radius 3 is 2.52 bits per heavy atom. The number of benzene rings is 3. The molecule has 0 spiro atoms.